The van der Waals surface area contributed by atoms with Gasteiger partial charge in [0.05, 0.1) is 17.9 Å². The molecule has 4 heteroatoms. The summed E-state index contributed by atoms with van der Waals surface area (Å²) in [5.41, 5.74) is 4.57. The van der Waals surface area contributed by atoms with Gasteiger partial charge in [-0.15, -0.1) is 0 Å². The number of hydrogen-bond donors (Lipinski definition) is 0. The van der Waals surface area contributed by atoms with Crippen LogP contribution in [-0.4, -0.2) is 17.7 Å². The summed E-state index contributed by atoms with van der Waals surface area (Å²) in [6, 6.07) is 25.1. The molecule has 0 saturated carbocycles. The Morgan fingerprint density at radius 3 is 2.37 bits per heavy atom. The number of amides is 1. The second kappa shape index (κ2) is 7.37. The largest absolute Gasteiger partial charge is 0.305 e. The summed E-state index contributed by atoms with van der Waals surface area (Å²) in [7, 11) is 0. The van der Waals surface area contributed by atoms with E-state index in [2.05, 4.69) is 0 Å². The van der Waals surface area contributed by atoms with E-state index in [0.29, 0.717) is 11.6 Å². The molecule has 134 valence electrons. The van der Waals surface area contributed by atoms with E-state index in [4.69, 9.17) is 16.6 Å². The van der Waals surface area contributed by atoms with Gasteiger partial charge in [0.2, 0.25) is 0 Å². The van der Waals surface area contributed by atoms with E-state index < -0.39 is 6.04 Å². The summed E-state index contributed by atoms with van der Waals surface area (Å²) in [5.74, 6) is -0.0340. The van der Waals surface area contributed by atoms with Gasteiger partial charge in [-0.05, 0) is 24.6 Å². The Balaban J connectivity index is 1.84. The minimum atomic E-state index is -0.477. The van der Waals surface area contributed by atoms with E-state index >= 15 is 0 Å². The van der Waals surface area contributed by atoms with Crippen molar-refractivity contribution in [1.29, 1.82) is 0 Å². The van der Waals surface area contributed by atoms with E-state index in [-0.39, 0.29) is 5.91 Å². The van der Waals surface area contributed by atoms with Crippen molar-refractivity contribution in [2.45, 2.75) is 19.5 Å². The zero-order chi connectivity index (χ0) is 18.8. The van der Waals surface area contributed by atoms with Gasteiger partial charge in [-0.3, -0.25) is 9.79 Å². The lowest BCUT2D eigenvalue weighted by molar-refractivity contribution is -0.119. The standard InChI is InChI=1S/C23H19ClN2O/c1-16-23(27)26(15-18-11-5-7-13-20(18)24)21-14-8-6-12-19(21)22(25-16)17-9-3-2-4-10-17/h2-14,16H,15H2,1H3. The van der Waals surface area contributed by atoms with E-state index in [1.165, 1.54) is 0 Å². The third kappa shape index (κ3) is 3.38. The fraction of sp³-hybridized carbons (Fsp3) is 0.130. The van der Waals surface area contributed by atoms with Crippen molar-refractivity contribution in [1.82, 2.24) is 0 Å². The van der Waals surface area contributed by atoms with Gasteiger partial charge in [-0.2, -0.15) is 0 Å². The predicted molar refractivity (Wildman–Crippen MR) is 111 cm³/mol. The molecule has 0 aromatic heterocycles. The highest BCUT2D eigenvalue weighted by atomic mass is 35.5. The molecule has 1 amide bonds. The number of nitrogens with zero attached hydrogens (tertiary/aromatic N) is 2. The monoisotopic (exact) mass is 374 g/mol. The zero-order valence-corrected chi connectivity index (χ0v) is 15.7. The molecule has 0 aliphatic carbocycles. The van der Waals surface area contributed by atoms with Gasteiger partial charge >= 0.3 is 0 Å². The Bertz CT molecular complexity index is 1010. The molecule has 3 aromatic rings. The van der Waals surface area contributed by atoms with E-state index in [0.717, 1.165) is 28.1 Å². The maximum absolute atomic E-state index is 13.2. The second-order valence-electron chi connectivity index (χ2n) is 6.55. The first-order chi connectivity index (χ1) is 13.1. The van der Waals surface area contributed by atoms with Crippen LogP contribution < -0.4 is 4.90 Å². The predicted octanol–water partition coefficient (Wildman–Crippen LogP) is 5.11. The first-order valence-corrected chi connectivity index (χ1v) is 9.30. The molecule has 1 aliphatic rings. The number of halogens is 1. The summed E-state index contributed by atoms with van der Waals surface area (Å²) >= 11 is 6.35. The zero-order valence-electron chi connectivity index (χ0n) is 15.0. The van der Waals surface area contributed by atoms with Gasteiger partial charge in [0.25, 0.3) is 5.91 Å². The minimum Gasteiger partial charge on any atom is -0.305 e. The topological polar surface area (TPSA) is 32.7 Å². The Hall–Kier alpha value is -2.91. The van der Waals surface area contributed by atoms with E-state index in [9.17, 15) is 4.79 Å². The van der Waals surface area contributed by atoms with Crippen molar-refractivity contribution in [2.75, 3.05) is 4.90 Å². The van der Waals surface area contributed by atoms with Crippen molar-refractivity contribution < 1.29 is 4.79 Å². The van der Waals surface area contributed by atoms with Crippen LogP contribution >= 0.6 is 11.6 Å². The molecule has 3 aromatic carbocycles. The minimum absolute atomic E-state index is 0.0340. The molecular weight excluding hydrogens is 356 g/mol. The number of hydrogen-bond acceptors (Lipinski definition) is 2. The second-order valence-corrected chi connectivity index (χ2v) is 6.96. The highest BCUT2D eigenvalue weighted by Gasteiger charge is 2.29. The van der Waals surface area contributed by atoms with Crippen LogP contribution in [0.2, 0.25) is 5.02 Å². The van der Waals surface area contributed by atoms with Crippen LogP contribution in [0.5, 0.6) is 0 Å². The van der Waals surface area contributed by atoms with Crippen molar-refractivity contribution in [3.8, 4) is 0 Å². The number of benzene rings is 3. The van der Waals surface area contributed by atoms with Gasteiger partial charge in [-0.1, -0.05) is 78.3 Å². The quantitative estimate of drug-likeness (QED) is 0.626. The molecule has 3 nitrogen and oxygen atoms in total. The maximum atomic E-state index is 13.2. The number of benzodiazepines with no additional fused rings is 1. The molecule has 0 saturated heterocycles. The molecule has 1 atom stereocenters. The summed E-state index contributed by atoms with van der Waals surface area (Å²) in [5, 5.41) is 0.656. The highest BCUT2D eigenvalue weighted by Crippen LogP contribution is 2.30. The molecule has 0 bridgehead atoms. The lowest BCUT2D eigenvalue weighted by Gasteiger charge is -2.25. The Kier molecular flexibility index (Phi) is 4.78. The first kappa shape index (κ1) is 17.5. The molecule has 0 radical (unpaired) electrons. The fourth-order valence-electron chi connectivity index (χ4n) is 3.36. The third-order valence-corrected chi connectivity index (χ3v) is 5.10. The summed E-state index contributed by atoms with van der Waals surface area (Å²) in [4.78, 5) is 19.7. The molecule has 0 spiro atoms. The molecule has 1 aliphatic heterocycles. The SMILES string of the molecule is CC1N=C(c2ccccc2)c2ccccc2N(Cc2ccccc2Cl)C1=O. The van der Waals surface area contributed by atoms with Crippen LogP contribution in [0.3, 0.4) is 0 Å². The van der Waals surface area contributed by atoms with Gasteiger partial charge in [-0.25, -0.2) is 0 Å². The van der Waals surface area contributed by atoms with Crippen LogP contribution in [0.1, 0.15) is 23.6 Å². The molecule has 1 heterocycles. The van der Waals surface area contributed by atoms with Crippen LogP contribution in [0.15, 0.2) is 83.9 Å². The Morgan fingerprint density at radius 1 is 0.926 bits per heavy atom. The third-order valence-electron chi connectivity index (χ3n) is 4.73. The number of rotatable bonds is 3. The molecule has 1 unspecified atom stereocenters. The Labute approximate surface area is 163 Å². The van der Waals surface area contributed by atoms with Gasteiger partial charge in [0.1, 0.15) is 6.04 Å². The van der Waals surface area contributed by atoms with Crippen LogP contribution in [0.4, 0.5) is 5.69 Å². The highest BCUT2D eigenvalue weighted by molar-refractivity contribution is 6.31. The lowest BCUT2D eigenvalue weighted by atomic mass is 10.00. The number of fused-ring (bicyclic) bond motifs is 1. The van der Waals surface area contributed by atoms with E-state index in [1.807, 2.05) is 85.8 Å². The average Bonchev–Trinajstić information content (AvgIpc) is 2.81. The summed E-state index contributed by atoms with van der Waals surface area (Å²) in [6.45, 7) is 2.26. The van der Waals surface area contributed by atoms with Crippen molar-refractivity contribution in [3.05, 3.63) is 101 Å². The average molecular weight is 375 g/mol. The summed E-state index contributed by atoms with van der Waals surface area (Å²) < 4.78 is 0. The molecule has 0 N–H and O–H groups in total. The maximum Gasteiger partial charge on any atom is 0.251 e. The van der Waals surface area contributed by atoms with Crippen molar-refractivity contribution in [2.24, 2.45) is 4.99 Å². The molecule has 4 rings (SSSR count). The fourth-order valence-corrected chi connectivity index (χ4v) is 3.55. The Morgan fingerprint density at radius 2 is 1.59 bits per heavy atom. The molecule has 0 fully saturated rings. The lowest BCUT2D eigenvalue weighted by Crippen LogP contribution is -2.36. The van der Waals surface area contributed by atoms with Gasteiger partial charge in [0, 0.05) is 16.1 Å². The van der Waals surface area contributed by atoms with E-state index in [1.54, 1.807) is 4.90 Å². The summed E-state index contributed by atoms with van der Waals surface area (Å²) in [6.07, 6.45) is 0. The number of para-hydroxylation sites is 1. The number of carbonyl (C=O) groups is 1. The van der Waals surface area contributed by atoms with Gasteiger partial charge in [0.15, 0.2) is 0 Å². The number of aliphatic imine (C=N–C) groups is 1. The van der Waals surface area contributed by atoms with Crippen LogP contribution in [0.25, 0.3) is 0 Å². The van der Waals surface area contributed by atoms with Gasteiger partial charge < -0.3 is 4.90 Å². The van der Waals surface area contributed by atoms with Crippen LogP contribution in [0, 0.1) is 0 Å². The van der Waals surface area contributed by atoms with Crippen molar-refractivity contribution in [3.63, 3.8) is 0 Å². The number of anilines is 1. The van der Waals surface area contributed by atoms with Crippen LogP contribution in [-0.2, 0) is 11.3 Å². The number of carbonyl (C=O) groups excluding carboxylic acids is 1. The van der Waals surface area contributed by atoms with Crippen molar-refractivity contribution >= 4 is 28.9 Å². The first-order valence-electron chi connectivity index (χ1n) is 8.92. The molecular formula is C23H19ClN2O. The molecule has 27 heavy (non-hydrogen) atoms. The smallest absolute Gasteiger partial charge is 0.251 e. The normalized spacial score (nSPS) is 16.5.